The second-order valence-electron chi connectivity index (χ2n) is 6.49. The number of benzene rings is 1. The number of anilines is 1. The number of alkyl halides is 3. The molecular weight excluding hydrogens is 409 g/mol. The molecule has 1 aromatic carbocycles. The minimum Gasteiger partial charge on any atom is -0.390 e. The molecule has 3 aliphatic rings. The molecule has 3 fully saturated rings. The summed E-state index contributed by atoms with van der Waals surface area (Å²) in [5, 5.41) is 17.8. The summed E-state index contributed by atoms with van der Waals surface area (Å²) in [7, 11) is -3.97. The molecule has 29 heavy (non-hydrogen) atoms. The van der Waals surface area contributed by atoms with Crippen LogP contribution in [0.25, 0.3) is 0 Å². The number of terminal acetylenes is 1. The molecule has 0 aromatic heterocycles. The Morgan fingerprint density at radius 1 is 1.31 bits per heavy atom. The lowest BCUT2D eigenvalue weighted by Gasteiger charge is -2.23. The minimum atomic E-state index is -4.77. The van der Waals surface area contributed by atoms with Crippen molar-refractivity contribution in [2.45, 2.75) is 36.2 Å². The summed E-state index contributed by atoms with van der Waals surface area (Å²) in [5.41, 5.74) is -1.86. The lowest BCUT2D eigenvalue weighted by Crippen LogP contribution is -2.42. The molecular formula is C19H19F3N2O4S. The molecule has 0 aliphatic carbocycles. The standard InChI is InChI=1S/C15H13F3N2O4S.C2H4.C2H2/c16-15(17,18)10-3-8(2-1-7(10)5-19)20-6-9-12-4-11(21)13(24-12)14(9)25(20,22)23;2*1-2/h1-3,9,11-14,21H,4,6H2;1-2H2;1-2H/t9?,11-,12+,13-,14?;;/m1../s1. The van der Waals surface area contributed by atoms with E-state index >= 15 is 0 Å². The van der Waals surface area contributed by atoms with Crippen LogP contribution in [0.1, 0.15) is 17.5 Å². The van der Waals surface area contributed by atoms with Crippen LogP contribution in [0.5, 0.6) is 0 Å². The summed E-state index contributed by atoms with van der Waals surface area (Å²) in [4.78, 5) is 0. The summed E-state index contributed by atoms with van der Waals surface area (Å²) in [6.45, 7) is 6.00. The Bertz CT molecular complexity index is 939. The van der Waals surface area contributed by atoms with Gasteiger partial charge >= 0.3 is 6.18 Å². The number of aliphatic hydroxyl groups excluding tert-OH is 1. The third kappa shape index (κ3) is 3.60. The van der Waals surface area contributed by atoms with Crippen LogP contribution in [0.4, 0.5) is 18.9 Å². The van der Waals surface area contributed by atoms with Crippen molar-refractivity contribution in [2.24, 2.45) is 5.92 Å². The number of hydrogen-bond acceptors (Lipinski definition) is 5. The second-order valence-corrected chi connectivity index (χ2v) is 8.50. The summed E-state index contributed by atoms with van der Waals surface area (Å²) in [6.07, 6.45) is 1.43. The zero-order valence-corrected chi connectivity index (χ0v) is 16.0. The van der Waals surface area contributed by atoms with Crippen LogP contribution in [0.2, 0.25) is 0 Å². The molecule has 1 aromatic rings. The number of fused-ring (bicyclic) bond motifs is 5. The van der Waals surface area contributed by atoms with E-state index in [0.29, 0.717) is 12.5 Å². The van der Waals surface area contributed by atoms with Gasteiger partial charge in [0.05, 0.1) is 35.1 Å². The molecule has 4 rings (SSSR count). The molecule has 1 N–H and O–H groups in total. The van der Waals surface area contributed by atoms with Crippen LogP contribution in [0, 0.1) is 30.1 Å². The van der Waals surface area contributed by atoms with E-state index in [1.54, 1.807) is 0 Å². The predicted molar refractivity (Wildman–Crippen MR) is 100 cm³/mol. The number of ether oxygens (including phenoxy) is 1. The fraction of sp³-hybridized carbons (Fsp3) is 0.421. The monoisotopic (exact) mass is 428 g/mol. The third-order valence-corrected chi connectivity index (χ3v) is 7.43. The van der Waals surface area contributed by atoms with Crippen molar-refractivity contribution in [3.63, 3.8) is 0 Å². The van der Waals surface area contributed by atoms with Crippen molar-refractivity contribution in [2.75, 3.05) is 10.8 Å². The molecule has 2 unspecified atom stereocenters. The van der Waals surface area contributed by atoms with Gasteiger partial charge in [0.15, 0.2) is 0 Å². The first-order valence-electron chi connectivity index (χ1n) is 8.44. The average Bonchev–Trinajstić information content (AvgIpc) is 3.33. The Morgan fingerprint density at radius 3 is 2.48 bits per heavy atom. The lowest BCUT2D eigenvalue weighted by molar-refractivity contribution is -0.137. The molecule has 3 aliphatic heterocycles. The second kappa shape index (κ2) is 8.07. The van der Waals surface area contributed by atoms with Crippen LogP contribution in [0.3, 0.4) is 0 Å². The maximum Gasteiger partial charge on any atom is 0.417 e. The number of halogens is 3. The molecule has 0 radical (unpaired) electrons. The van der Waals surface area contributed by atoms with Gasteiger partial charge in [0, 0.05) is 18.9 Å². The van der Waals surface area contributed by atoms with Crippen LogP contribution < -0.4 is 4.31 Å². The SMILES string of the molecule is C#C.C=C.N#Cc1ccc(N2CC3C([C@@H]4O[C@H]3C[C@H]4O)S2(=O)=O)cc1C(F)(F)F. The van der Waals surface area contributed by atoms with E-state index in [-0.39, 0.29) is 18.2 Å². The number of nitrogens with zero attached hydrogens (tertiary/aromatic N) is 2. The van der Waals surface area contributed by atoms with Gasteiger partial charge in [-0.05, 0) is 18.2 Å². The van der Waals surface area contributed by atoms with Crippen molar-refractivity contribution in [1.29, 1.82) is 5.26 Å². The van der Waals surface area contributed by atoms with E-state index in [1.807, 2.05) is 0 Å². The van der Waals surface area contributed by atoms with Crippen molar-refractivity contribution in [1.82, 2.24) is 0 Å². The Balaban J connectivity index is 0.000000707. The molecule has 3 saturated heterocycles. The number of aliphatic hydroxyl groups is 1. The van der Waals surface area contributed by atoms with E-state index in [0.717, 1.165) is 10.4 Å². The normalized spacial score (nSPS) is 30.9. The first-order chi connectivity index (χ1) is 13.6. The van der Waals surface area contributed by atoms with Gasteiger partial charge in [0.2, 0.25) is 10.0 Å². The topological polar surface area (TPSA) is 90.6 Å². The van der Waals surface area contributed by atoms with Crippen LogP contribution in [-0.2, 0) is 20.9 Å². The van der Waals surface area contributed by atoms with Gasteiger partial charge in [-0.2, -0.15) is 18.4 Å². The zero-order chi connectivity index (χ0) is 22.1. The summed E-state index contributed by atoms with van der Waals surface area (Å²) < 4.78 is 71.5. The van der Waals surface area contributed by atoms with Crippen molar-refractivity contribution in [3.05, 3.63) is 42.5 Å². The van der Waals surface area contributed by atoms with E-state index in [9.17, 15) is 26.7 Å². The van der Waals surface area contributed by atoms with E-state index in [4.69, 9.17) is 10.00 Å². The van der Waals surface area contributed by atoms with Gasteiger partial charge in [0.25, 0.3) is 0 Å². The zero-order valence-electron chi connectivity index (χ0n) is 15.2. The Kier molecular flexibility index (Phi) is 6.33. The molecule has 5 atom stereocenters. The fourth-order valence-electron chi connectivity index (χ4n) is 4.07. The van der Waals surface area contributed by atoms with Gasteiger partial charge < -0.3 is 9.84 Å². The van der Waals surface area contributed by atoms with Crippen molar-refractivity contribution >= 4 is 15.7 Å². The highest BCUT2D eigenvalue weighted by molar-refractivity contribution is 7.93. The van der Waals surface area contributed by atoms with Gasteiger partial charge in [-0.1, -0.05) is 0 Å². The van der Waals surface area contributed by atoms with Crippen molar-refractivity contribution in [3.8, 4) is 18.9 Å². The largest absolute Gasteiger partial charge is 0.417 e. The molecule has 3 heterocycles. The number of rotatable bonds is 1. The van der Waals surface area contributed by atoms with Crippen LogP contribution >= 0.6 is 0 Å². The number of hydrogen-bond donors (Lipinski definition) is 1. The van der Waals surface area contributed by atoms with Crippen LogP contribution in [-0.4, -0.2) is 43.6 Å². The first-order valence-corrected chi connectivity index (χ1v) is 9.94. The quantitative estimate of drug-likeness (QED) is 0.548. The number of sulfonamides is 1. The minimum absolute atomic E-state index is 0.00405. The van der Waals surface area contributed by atoms with E-state index in [1.165, 1.54) is 12.1 Å². The maximum atomic E-state index is 13.1. The molecule has 0 spiro atoms. The maximum absolute atomic E-state index is 13.1. The average molecular weight is 428 g/mol. The summed E-state index contributed by atoms with van der Waals surface area (Å²) in [5.74, 6) is -0.386. The highest BCUT2D eigenvalue weighted by Crippen LogP contribution is 2.49. The summed E-state index contributed by atoms with van der Waals surface area (Å²) in [6, 6.07) is 4.33. The highest BCUT2D eigenvalue weighted by Gasteiger charge is 2.64. The van der Waals surface area contributed by atoms with Gasteiger partial charge in [-0.25, -0.2) is 8.42 Å². The third-order valence-electron chi connectivity index (χ3n) is 5.15. The van der Waals surface area contributed by atoms with Gasteiger partial charge in [0.1, 0.15) is 11.4 Å². The molecule has 0 saturated carbocycles. The van der Waals surface area contributed by atoms with Crippen molar-refractivity contribution < 1.29 is 31.4 Å². The van der Waals surface area contributed by atoms with Crippen LogP contribution in [0.15, 0.2) is 31.4 Å². The molecule has 156 valence electrons. The summed E-state index contributed by atoms with van der Waals surface area (Å²) >= 11 is 0. The van der Waals surface area contributed by atoms with Gasteiger partial charge in [-0.15, -0.1) is 26.0 Å². The Labute approximate surface area is 167 Å². The lowest BCUT2D eigenvalue weighted by atomic mass is 9.87. The van der Waals surface area contributed by atoms with E-state index < -0.39 is 50.9 Å². The smallest absolute Gasteiger partial charge is 0.390 e. The molecule has 2 bridgehead atoms. The number of nitriles is 1. The Morgan fingerprint density at radius 2 is 1.93 bits per heavy atom. The molecule has 10 heteroatoms. The fourth-order valence-corrected chi connectivity index (χ4v) is 6.44. The predicted octanol–water partition coefficient (Wildman–Crippen LogP) is 2.30. The van der Waals surface area contributed by atoms with E-state index in [2.05, 4.69) is 26.0 Å². The highest BCUT2D eigenvalue weighted by atomic mass is 32.2. The molecule has 0 amide bonds. The first kappa shape index (κ1) is 22.8. The Hall–Kier alpha value is -2.53. The molecule has 6 nitrogen and oxygen atoms in total. The van der Waals surface area contributed by atoms with Gasteiger partial charge in [-0.3, -0.25) is 4.31 Å².